The summed E-state index contributed by atoms with van der Waals surface area (Å²) in [5.74, 6) is 0. The van der Waals surface area contributed by atoms with Crippen molar-refractivity contribution in [3.8, 4) is 22.3 Å². The fourth-order valence-corrected chi connectivity index (χ4v) is 14.1. The smallest absolute Gasteiger partial charge is 0.252 e. The Kier molecular flexibility index (Phi) is 10.7. The van der Waals surface area contributed by atoms with E-state index in [1.807, 2.05) is 0 Å². The zero-order valence-corrected chi connectivity index (χ0v) is 48.6. The van der Waals surface area contributed by atoms with Gasteiger partial charge in [-0.1, -0.05) is 188 Å². The van der Waals surface area contributed by atoms with Crippen LogP contribution in [-0.2, 0) is 32.5 Å². The first-order valence-corrected chi connectivity index (χ1v) is 28.7. The van der Waals surface area contributed by atoms with Crippen LogP contribution in [-0.4, -0.2) is 6.71 Å². The van der Waals surface area contributed by atoms with E-state index < -0.39 is 0 Å². The molecule has 2 aliphatic heterocycles. The van der Waals surface area contributed by atoms with Crippen molar-refractivity contribution in [3.63, 3.8) is 0 Å². The minimum atomic E-state index is -0.0886. The van der Waals surface area contributed by atoms with Crippen LogP contribution in [0.25, 0.3) is 44.2 Å². The molecule has 77 heavy (non-hydrogen) atoms. The molecule has 0 N–H and O–H groups in total. The normalized spacial score (nSPS) is 17.7. The lowest BCUT2D eigenvalue weighted by molar-refractivity contribution is 0.332. The first-order chi connectivity index (χ1) is 36.3. The van der Waals surface area contributed by atoms with Crippen molar-refractivity contribution >= 4 is 79.2 Å². The van der Waals surface area contributed by atoms with Crippen molar-refractivity contribution in [1.29, 1.82) is 0 Å². The highest BCUT2D eigenvalue weighted by atomic mass is 16.3. The fraction of sp³-hybridized carbons (Fsp3) is 0.342. The number of anilines is 6. The Bertz CT molecular complexity index is 3910. The number of fused-ring (bicyclic) bond motifs is 9. The van der Waals surface area contributed by atoms with Crippen molar-refractivity contribution in [1.82, 2.24) is 0 Å². The van der Waals surface area contributed by atoms with E-state index in [9.17, 15) is 0 Å². The quantitative estimate of drug-likeness (QED) is 0.164. The van der Waals surface area contributed by atoms with Crippen molar-refractivity contribution in [2.45, 2.75) is 162 Å². The minimum absolute atomic E-state index is 0.0294. The molecule has 3 heterocycles. The zero-order valence-electron chi connectivity index (χ0n) is 48.6. The monoisotopic (exact) mass is 1010 g/mol. The van der Waals surface area contributed by atoms with Gasteiger partial charge in [-0.25, -0.2) is 0 Å². The van der Waals surface area contributed by atoms with E-state index in [2.05, 4.69) is 259 Å². The molecule has 0 amide bonds. The Hall–Kier alpha value is -6.78. The minimum Gasteiger partial charge on any atom is -0.456 e. The summed E-state index contributed by atoms with van der Waals surface area (Å²) in [7, 11) is 0. The molecule has 4 aliphatic rings. The zero-order chi connectivity index (χ0) is 54.1. The molecule has 0 saturated carbocycles. The van der Waals surface area contributed by atoms with Crippen molar-refractivity contribution in [3.05, 3.63) is 185 Å². The molecular formula is C73H77BN2O. The number of nitrogens with zero attached hydrogens (tertiary/aromatic N) is 2. The maximum absolute atomic E-state index is 7.26. The average Bonchev–Trinajstić information content (AvgIpc) is 3.74. The third kappa shape index (κ3) is 7.73. The van der Waals surface area contributed by atoms with Gasteiger partial charge in [0, 0.05) is 50.8 Å². The number of rotatable bonds is 4. The van der Waals surface area contributed by atoms with Gasteiger partial charge in [-0.15, -0.1) is 0 Å². The van der Waals surface area contributed by atoms with E-state index >= 15 is 0 Å². The summed E-state index contributed by atoms with van der Waals surface area (Å²) in [6.07, 6.45) is 4.64. The predicted octanol–water partition coefficient (Wildman–Crippen LogP) is 18.6. The highest BCUT2D eigenvalue weighted by Crippen LogP contribution is 2.54. The second-order valence-electron chi connectivity index (χ2n) is 28.4. The van der Waals surface area contributed by atoms with Gasteiger partial charge in [-0.3, -0.25) is 0 Å². The summed E-state index contributed by atoms with van der Waals surface area (Å²) in [5.41, 5.74) is 27.8. The summed E-state index contributed by atoms with van der Waals surface area (Å²) in [4.78, 5) is 5.32. The summed E-state index contributed by atoms with van der Waals surface area (Å²) in [6.45, 7) is 35.9. The van der Waals surface area contributed by atoms with Crippen LogP contribution in [0.2, 0.25) is 0 Å². The molecule has 4 heteroatoms. The molecule has 0 atom stereocenters. The number of aryl methyl sites for hydroxylation is 1. The Morgan fingerprint density at radius 2 is 0.870 bits per heavy atom. The Morgan fingerprint density at radius 3 is 1.45 bits per heavy atom. The lowest BCUT2D eigenvalue weighted by atomic mass is 9.33. The Morgan fingerprint density at radius 1 is 0.403 bits per heavy atom. The van der Waals surface area contributed by atoms with Crippen LogP contribution in [0.1, 0.15) is 162 Å². The van der Waals surface area contributed by atoms with Crippen molar-refractivity contribution in [2.75, 3.05) is 9.80 Å². The number of hydrogen-bond donors (Lipinski definition) is 0. The van der Waals surface area contributed by atoms with E-state index in [0.717, 1.165) is 41.8 Å². The molecule has 388 valence electrons. The standard InChI is InChI=1S/C73H77BN2O/c1-44-34-53-55(72(12,13)32-30-70(53,8)9)41-61(44)76-60-29-27-49(69(5,6)7)38-57(60)74-58-40-52-51-39-54-56(73(14,15)33-31-71(54,10)11)42-65(51)77-66(52)43-62(58)75(63-35-47(36-64(76)67(63)74)45-22-18-16-19-23-45)59-28-26-48(68(2,3)4)37-50(59)46-24-20-17-21-25-46/h16-29,34-43H,30-33H2,1-15H3. The molecule has 9 aromatic rings. The fourth-order valence-electron chi connectivity index (χ4n) is 14.1. The maximum atomic E-state index is 7.26. The Labute approximate surface area is 459 Å². The number of benzene rings is 8. The van der Waals surface area contributed by atoms with Crippen molar-refractivity contribution < 1.29 is 4.42 Å². The van der Waals surface area contributed by atoms with Crippen LogP contribution in [0.3, 0.4) is 0 Å². The van der Waals surface area contributed by atoms with E-state index in [4.69, 9.17) is 4.42 Å². The van der Waals surface area contributed by atoms with Crippen LogP contribution >= 0.6 is 0 Å². The molecule has 0 saturated heterocycles. The van der Waals surface area contributed by atoms with E-state index in [0.29, 0.717) is 0 Å². The second-order valence-corrected chi connectivity index (χ2v) is 28.4. The lowest BCUT2D eigenvalue weighted by Gasteiger charge is -2.46. The van der Waals surface area contributed by atoms with E-state index in [-0.39, 0.29) is 39.2 Å². The Balaban J connectivity index is 1.20. The maximum Gasteiger partial charge on any atom is 0.252 e. The molecule has 1 aromatic heterocycles. The van der Waals surface area contributed by atoms with Crippen molar-refractivity contribution in [2.24, 2.45) is 0 Å². The third-order valence-corrected chi connectivity index (χ3v) is 19.2. The molecule has 2 aliphatic carbocycles. The van der Waals surface area contributed by atoms with Crippen LogP contribution in [0, 0.1) is 6.92 Å². The van der Waals surface area contributed by atoms with Crippen LogP contribution in [0.4, 0.5) is 34.1 Å². The lowest BCUT2D eigenvalue weighted by Crippen LogP contribution is -2.61. The molecule has 0 spiro atoms. The molecule has 0 radical (unpaired) electrons. The molecule has 8 aromatic carbocycles. The van der Waals surface area contributed by atoms with Gasteiger partial charge in [0.05, 0.1) is 5.69 Å². The molecule has 3 nitrogen and oxygen atoms in total. The van der Waals surface area contributed by atoms with E-state index in [1.54, 1.807) is 0 Å². The third-order valence-electron chi connectivity index (χ3n) is 19.2. The van der Waals surface area contributed by atoms with Gasteiger partial charge in [-0.2, -0.15) is 0 Å². The summed E-state index contributed by atoms with van der Waals surface area (Å²) >= 11 is 0. The average molecular weight is 1010 g/mol. The molecule has 0 bridgehead atoms. The highest BCUT2D eigenvalue weighted by Gasteiger charge is 2.47. The number of furan rings is 1. The molecule has 0 fully saturated rings. The predicted molar refractivity (Wildman–Crippen MR) is 331 cm³/mol. The first kappa shape index (κ1) is 49.8. The van der Waals surface area contributed by atoms with Crippen LogP contribution in [0.15, 0.2) is 150 Å². The summed E-state index contributed by atoms with van der Waals surface area (Å²) in [5, 5.41) is 2.39. The van der Waals surface area contributed by atoms with Gasteiger partial charge in [0.2, 0.25) is 0 Å². The van der Waals surface area contributed by atoms with Gasteiger partial charge in [0.15, 0.2) is 0 Å². The SMILES string of the molecule is Cc1cc2c(cc1N1c3ccc(C(C)(C)C)cc3B3c4cc5c(cc4N(c4ccc(C(C)(C)C)cc4-c4ccccc4)c4cc(-c6ccccc6)cc1c43)oc1cc3c(cc15)C(C)(C)CCC3(C)C)C(C)(C)CCC2(C)C. The van der Waals surface area contributed by atoms with Gasteiger partial charge >= 0.3 is 0 Å². The number of hydrogen-bond acceptors (Lipinski definition) is 3. The second kappa shape index (κ2) is 16.6. The largest absolute Gasteiger partial charge is 0.456 e. The van der Waals surface area contributed by atoms with Gasteiger partial charge in [0.25, 0.3) is 6.71 Å². The summed E-state index contributed by atoms with van der Waals surface area (Å²) < 4.78 is 7.26. The summed E-state index contributed by atoms with van der Waals surface area (Å²) in [6, 6.07) is 57.0. The van der Waals surface area contributed by atoms with E-state index in [1.165, 1.54) is 118 Å². The van der Waals surface area contributed by atoms with Gasteiger partial charge in [-0.05, 0) is 186 Å². The van der Waals surface area contributed by atoms with Crippen LogP contribution < -0.4 is 26.2 Å². The van der Waals surface area contributed by atoms with Gasteiger partial charge < -0.3 is 14.2 Å². The topological polar surface area (TPSA) is 19.6 Å². The molecule has 0 unspecified atom stereocenters. The van der Waals surface area contributed by atoms with Gasteiger partial charge in [0.1, 0.15) is 11.2 Å². The highest BCUT2D eigenvalue weighted by molar-refractivity contribution is 7.00. The first-order valence-electron chi connectivity index (χ1n) is 28.7. The van der Waals surface area contributed by atoms with Crippen LogP contribution in [0.5, 0.6) is 0 Å². The molecular weight excluding hydrogens is 932 g/mol. The molecule has 13 rings (SSSR count).